The molecule has 0 saturated carbocycles. The Hall–Kier alpha value is 1.05. The molecule has 0 aromatic carbocycles. The maximum absolute atomic E-state index is 2.06. The van der Waals surface area contributed by atoms with E-state index < -0.39 is 0 Å². The Labute approximate surface area is 57.2 Å². The van der Waals surface area contributed by atoms with E-state index in [0.717, 1.165) is 0 Å². The van der Waals surface area contributed by atoms with E-state index in [4.69, 9.17) is 0 Å². The molecule has 0 atom stereocenters. The minimum absolute atomic E-state index is 1.31. The van der Waals surface area contributed by atoms with E-state index in [1.807, 2.05) is 11.8 Å². The maximum Gasteiger partial charge on any atom is 0.0400 e. The predicted molar refractivity (Wildman–Crippen MR) is 42.2 cm³/mol. The van der Waals surface area contributed by atoms with Crippen LogP contribution in [0.25, 0.3) is 0 Å². The first-order valence-electron chi connectivity index (χ1n) is 2.23. The minimum Gasteiger partial charge on any atom is -0.150 e. The van der Waals surface area contributed by atoms with E-state index in [9.17, 15) is 0 Å². The molecule has 0 spiro atoms. The molecule has 0 radical (unpaired) electrons. The van der Waals surface area contributed by atoms with Crippen molar-refractivity contribution >= 4 is 35.3 Å². The van der Waals surface area contributed by atoms with Gasteiger partial charge >= 0.3 is 0 Å². The van der Waals surface area contributed by atoms with Gasteiger partial charge in [0.15, 0.2) is 0 Å². The highest BCUT2D eigenvalue weighted by Crippen LogP contribution is 2.22. The maximum atomic E-state index is 2.06. The zero-order chi connectivity index (χ0) is 4.95. The Morgan fingerprint density at radius 3 is 1.86 bits per heavy atom. The SMILES string of the molecule is C1CSCSCS1. The van der Waals surface area contributed by atoms with Crippen LogP contribution in [0.3, 0.4) is 0 Å². The van der Waals surface area contributed by atoms with E-state index >= 15 is 0 Å². The molecule has 1 aliphatic rings. The third-order valence-electron chi connectivity index (χ3n) is 0.705. The van der Waals surface area contributed by atoms with Crippen LogP contribution in [-0.4, -0.2) is 21.7 Å². The molecule has 1 aliphatic heterocycles. The molecule has 0 amide bonds. The highest BCUT2D eigenvalue weighted by atomic mass is 32.2. The smallest absolute Gasteiger partial charge is 0.0400 e. The lowest BCUT2D eigenvalue weighted by atomic mass is 11.0. The van der Waals surface area contributed by atoms with Crippen LogP contribution in [0.4, 0.5) is 0 Å². The molecule has 1 saturated heterocycles. The van der Waals surface area contributed by atoms with E-state index in [1.165, 1.54) is 21.7 Å². The first-order valence-corrected chi connectivity index (χ1v) is 5.70. The van der Waals surface area contributed by atoms with Gasteiger partial charge in [-0.25, -0.2) is 0 Å². The van der Waals surface area contributed by atoms with Gasteiger partial charge < -0.3 is 0 Å². The lowest BCUT2D eigenvalue weighted by Gasteiger charge is -1.86. The number of thioether (sulfide) groups is 3. The molecule has 1 heterocycles. The third kappa shape index (κ3) is 2.77. The summed E-state index contributed by atoms with van der Waals surface area (Å²) >= 11 is 6.16. The van der Waals surface area contributed by atoms with Crippen molar-refractivity contribution in [3.63, 3.8) is 0 Å². The Kier molecular flexibility index (Phi) is 3.51. The van der Waals surface area contributed by atoms with E-state index in [0.29, 0.717) is 0 Å². The molecular weight excluding hydrogens is 144 g/mol. The number of hydrogen-bond acceptors (Lipinski definition) is 3. The van der Waals surface area contributed by atoms with Crippen molar-refractivity contribution in [3.05, 3.63) is 0 Å². The van der Waals surface area contributed by atoms with Gasteiger partial charge in [0.2, 0.25) is 0 Å². The van der Waals surface area contributed by atoms with Crippen LogP contribution in [0.1, 0.15) is 0 Å². The minimum atomic E-state index is 1.31. The molecule has 0 aliphatic carbocycles. The second-order valence-corrected chi connectivity index (χ2v) is 5.18. The fraction of sp³-hybridized carbons (Fsp3) is 1.00. The highest BCUT2D eigenvalue weighted by Gasteiger charge is 1.96. The Morgan fingerprint density at radius 2 is 1.29 bits per heavy atom. The summed E-state index contributed by atoms with van der Waals surface area (Å²) in [5.74, 6) is 2.72. The molecule has 0 N–H and O–H groups in total. The molecule has 0 nitrogen and oxygen atoms in total. The fourth-order valence-corrected chi connectivity index (χ4v) is 4.10. The first kappa shape index (κ1) is 6.17. The lowest BCUT2D eigenvalue weighted by molar-refractivity contribution is 1.56. The molecule has 0 aromatic heterocycles. The van der Waals surface area contributed by atoms with Crippen LogP contribution in [0, 0.1) is 0 Å². The zero-order valence-corrected chi connectivity index (χ0v) is 6.50. The van der Waals surface area contributed by atoms with Crippen LogP contribution < -0.4 is 0 Å². The van der Waals surface area contributed by atoms with Gasteiger partial charge in [0.1, 0.15) is 0 Å². The molecule has 1 fully saturated rings. The molecule has 0 aromatic rings. The van der Waals surface area contributed by atoms with Gasteiger partial charge in [-0.15, -0.1) is 11.8 Å². The Bertz CT molecular complexity index is 26.5. The van der Waals surface area contributed by atoms with Gasteiger partial charge in [-0.3, -0.25) is 0 Å². The lowest BCUT2D eigenvalue weighted by Crippen LogP contribution is -1.77. The molecule has 0 bridgehead atoms. The van der Waals surface area contributed by atoms with Crippen molar-refractivity contribution in [1.82, 2.24) is 0 Å². The van der Waals surface area contributed by atoms with Crippen LogP contribution in [0.5, 0.6) is 0 Å². The van der Waals surface area contributed by atoms with Crippen molar-refractivity contribution in [3.8, 4) is 0 Å². The normalized spacial score (nSPS) is 24.0. The van der Waals surface area contributed by atoms with Gasteiger partial charge in [-0.1, -0.05) is 0 Å². The van der Waals surface area contributed by atoms with Crippen molar-refractivity contribution in [2.45, 2.75) is 0 Å². The van der Waals surface area contributed by atoms with E-state index in [-0.39, 0.29) is 0 Å². The van der Waals surface area contributed by atoms with Crippen LogP contribution >= 0.6 is 35.3 Å². The molecule has 3 heteroatoms. The van der Waals surface area contributed by atoms with E-state index in [2.05, 4.69) is 23.5 Å². The zero-order valence-electron chi connectivity index (χ0n) is 4.05. The summed E-state index contributed by atoms with van der Waals surface area (Å²) in [6.45, 7) is 0. The average molecular weight is 152 g/mol. The number of hydrogen-bond donors (Lipinski definition) is 0. The number of rotatable bonds is 0. The van der Waals surface area contributed by atoms with Crippen molar-refractivity contribution in [2.75, 3.05) is 21.7 Å². The average Bonchev–Trinajstić information content (AvgIpc) is 1.90. The second kappa shape index (κ2) is 3.98. The summed E-state index contributed by atoms with van der Waals surface area (Å²) in [4.78, 5) is 0. The topological polar surface area (TPSA) is 0 Å². The standard InChI is InChI=1S/C4H8S3/c1-2-6-4-7-3-5-1/h1-4H2. The monoisotopic (exact) mass is 152 g/mol. The van der Waals surface area contributed by atoms with Gasteiger partial charge in [0, 0.05) is 21.7 Å². The van der Waals surface area contributed by atoms with Gasteiger partial charge in [0.05, 0.1) is 0 Å². The summed E-state index contributed by atoms with van der Waals surface area (Å²) in [7, 11) is 0. The predicted octanol–water partition coefficient (Wildman–Crippen LogP) is 2.11. The van der Waals surface area contributed by atoms with Crippen molar-refractivity contribution < 1.29 is 0 Å². The van der Waals surface area contributed by atoms with Gasteiger partial charge in [-0.2, -0.15) is 23.5 Å². The van der Waals surface area contributed by atoms with Gasteiger partial charge in [0.25, 0.3) is 0 Å². The fourth-order valence-electron chi connectivity index (χ4n) is 0.388. The second-order valence-electron chi connectivity index (χ2n) is 1.26. The molecule has 42 valence electrons. The van der Waals surface area contributed by atoms with Crippen molar-refractivity contribution in [2.24, 2.45) is 0 Å². The highest BCUT2D eigenvalue weighted by molar-refractivity contribution is 8.24. The summed E-state index contributed by atoms with van der Waals surface area (Å²) in [6.07, 6.45) is 0. The van der Waals surface area contributed by atoms with Crippen LogP contribution in [0.15, 0.2) is 0 Å². The summed E-state index contributed by atoms with van der Waals surface area (Å²) in [5, 5.41) is 2.62. The molecule has 0 unspecified atom stereocenters. The largest absolute Gasteiger partial charge is 0.150 e. The summed E-state index contributed by atoms with van der Waals surface area (Å²) < 4.78 is 0. The summed E-state index contributed by atoms with van der Waals surface area (Å²) in [5.41, 5.74) is 0. The van der Waals surface area contributed by atoms with Crippen LogP contribution in [0.2, 0.25) is 0 Å². The summed E-state index contributed by atoms with van der Waals surface area (Å²) in [6, 6.07) is 0. The van der Waals surface area contributed by atoms with E-state index in [1.54, 1.807) is 0 Å². The van der Waals surface area contributed by atoms with Crippen LogP contribution in [-0.2, 0) is 0 Å². The third-order valence-corrected chi connectivity index (χ3v) is 4.62. The molecule has 7 heavy (non-hydrogen) atoms. The Morgan fingerprint density at radius 1 is 0.714 bits per heavy atom. The quantitative estimate of drug-likeness (QED) is 0.522. The Balaban J connectivity index is 2.04. The van der Waals surface area contributed by atoms with Gasteiger partial charge in [-0.05, 0) is 0 Å². The molecular formula is C4H8S3. The first-order chi connectivity index (χ1) is 3.50. The molecule has 1 rings (SSSR count). The van der Waals surface area contributed by atoms with Crippen molar-refractivity contribution in [1.29, 1.82) is 0 Å².